The van der Waals surface area contributed by atoms with Crippen molar-refractivity contribution in [2.24, 2.45) is 0 Å². The highest BCUT2D eigenvalue weighted by Crippen LogP contribution is 2.16. The van der Waals surface area contributed by atoms with Gasteiger partial charge < -0.3 is 10.4 Å². The van der Waals surface area contributed by atoms with Crippen LogP contribution in [-0.4, -0.2) is 32.3 Å². The number of benzene rings is 1. The molecular weight excluding hydrogens is 300 g/mol. The van der Waals surface area contributed by atoms with Gasteiger partial charge in [0.05, 0.1) is 11.0 Å². The normalized spacial score (nSPS) is 11.9. The molecule has 0 aliphatic heterocycles. The Balaban J connectivity index is 1.78. The van der Waals surface area contributed by atoms with Crippen molar-refractivity contribution in [1.29, 1.82) is 0 Å². The Labute approximate surface area is 132 Å². The van der Waals surface area contributed by atoms with Gasteiger partial charge in [-0.3, -0.25) is 19.6 Å². The molecule has 1 atom stereocenters. The van der Waals surface area contributed by atoms with Gasteiger partial charge in [0.25, 0.3) is 0 Å². The fraction of sp³-hybridized carbons (Fsp3) is 0.333. The third-order valence-corrected chi connectivity index (χ3v) is 3.44. The molecule has 0 fully saturated rings. The lowest BCUT2D eigenvalue weighted by molar-refractivity contribution is -0.385. The number of hydrogen-bond donors (Lipinski definition) is 2. The Hall–Kier alpha value is -2.74. The molecule has 23 heavy (non-hydrogen) atoms. The van der Waals surface area contributed by atoms with Crippen molar-refractivity contribution in [3.63, 3.8) is 0 Å². The lowest BCUT2D eigenvalue weighted by atomic mass is 10.0. The maximum Gasteiger partial charge on any atom is 0.306 e. The van der Waals surface area contributed by atoms with Gasteiger partial charge in [-0.15, -0.1) is 0 Å². The molecule has 2 N–H and O–H groups in total. The summed E-state index contributed by atoms with van der Waals surface area (Å²) in [5.74, 6) is -0.254. The van der Waals surface area contributed by atoms with Gasteiger partial charge in [0.15, 0.2) is 0 Å². The Bertz CT molecular complexity index is 698. The molecule has 0 saturated carbocycles. The highest BCUT2D eigenvalue weighted by Gasteiger charge is 2.12. The molecule has 0 saturated heterocycles. The number of aromatic nitrogens is 2. The summed E-state index contributed by atoms with van der Waals surface area (Å²) < 4.78 is 1.34. The number of aliphatic hydroxyl groups excluding tert-OH is 1. The molecule has 0 aliphatic rings. The summed E-state index contributed by atoms with van der Waals surface area (Å²) in [5, 5.41) is 27.1. The third kappa shape index (κ3) is 4.62. The van der Waals surface area contributed by atoms with Crippen molar-refractivity contribution in [3.8, 4) is 0 Å². The predicted octanol–water partition coefficient (Wildman–Crippen LogP) is 1.34. The molecule has 8 heteroatoms. The summed E-state index contributed by atoms with van der Waals surface area (Å²) in [5.41, 5.74) is 1.62. The maximum absolute atomic E-state index is 11.8. The van der Waals surface area contributed by atoms with E-state index in [0.717, 1.165) is 17.3 Å². The zero-order chi connectivity index (χ0) is 16.8. The highest BCUT2D eigenvalue weighted by molar-refractivity contribution is 5.75. The van der Waals surface area contributed by atoms with Gasteiger partial charge in [0.1, 0.15) is 12.4 Å². The number of aryl methyl sites for hydroxylation is 2. The van der Waals surface area contributed by atoms with Crippen molar-refractivity contribution >= 4 is 11.6 Å². The van der Waals surface area contributed by atoms with E-state index in [0.29, 0.717) is 0 Å². The van der Waals surface area contributed by atoms with E-state index in [4.69, 9.17) is 0 Å². The van der Waals surface area contributed by atoms with Gasteiger partial charge in [-0.25, -0.2) is 0 Å². The number of amides is 1. The van der Waals surface area contributed by atoms with E-state index in [1.54, 1.807) is 0 Å². The molecule has 1 aromatic heterocycles. The number of aliphatic hydroxyl groups is 1. The van der Waals surface area contributed by atoms with Crippen LogP contribution >= 0.6 is 0 Å². The Kier molecular flexibility index (Phi) is 5.42. The average molecular weight is 318 g/mol. The molecule has 1 heterocycles. The Morgan fingerprint density at radius 2 is 2.22 bits per heavy atom. The first-order valence-electron chi connectivity index (χ1n) is 7.14. The number of carbonyl (C=O) groups is 1. The molecule has 8 nitrogen and oxygen atoms in total. The van der Waals surface area contributed by atoms with Gasteiger partial charge in [-0.05, 0) is 18.1 Å². The van der Waals surface area contributed by atoms with Gasteiger partial charge >= 0.3 is 5.69 Å². The van der Waals surface area contributed by atoms with Crippen molar-refractivity contribution < 1.29 is 14.8 Å². The summed E-state index contributed by atoms with van der Waals surface area (Å²) in [6, 6.07) is 7.42. The predicted molar refractivity (Wildman–Crippen MR) is 82.6 cm³/mol. The molecule has 0 spiro atoms. The second-order valence-corrected chi connectivity index (χ2v) is 5.15. The van der Waals surface area contributed by atoms with Crippen LogP contribution in [0.25, 0.3) is 0 Å². The second-order valence-electron chi connectivity index (χ2n) is 5.15. The van der Waals surface area contributed by atoms with E-state index >= 15 is 0 Å². The number of nitrogens with one attached hydrogen (secondary N) is 1. The van der Waals surface area contributed by atoms with Gasteiger partial charge in [-0.1, -0.05) is 24.3 Å². The Morgan fingerprint density at radius 1 is 1.48 bits per heavy atom. The first-order valence-corrected chi connectivity index (χ1v) is 7.14. The smallest absolute Gasteiger partial charge is 0.306 e. The molecule has 2 aromatic rings. The van der Waals surface area contributed by atoms with Crippen LogP contribution in [0.3, 0.4) is 0 Å². The summed E-state index contributed by atoms with van der Waals surface area (Å²) in [6.07, 6.45) is 1.76. The van der Waals surface area contributed by atoms with Crippen LogP contribution in [-0.2, 0) is 11.3 Å². The molecule has 2 rings (SSSR count). The molecule has 0 bridgehead atoms. The first kappa shape index (κ1) is 16.6. The van der Waals surface area contributed by atoms with Gasteiger partial charge in [0.2, 0.25) is 5.91 Å². The van der Waals surface area contributed by atoms with Crippen molar-refractivity contribution in [1.82, 2.24) is 15.1 Å². The average Bonchev–Trinajstić information content (AvgIpc) is 3.00. The lowest BCUT2D eigenvalue weighted by Gasteiger charge is -2.14. The SMILES string of the molecule is Cc1ccccc1[C@@H](O)CNC(=O)CCn1cc([N+](=O)[O-])cn1. The summed E-state index contributed by atoms with van der Waals surface area (Å²) >= 11 is 0. The number of nitro groups is 1. The number of carbonyl (C=O) groups excluding carboxylic acids is 1. The monoisotopic (exact) mass is 318 g/mol. The molecule has 0 aliphatic carbocycles. The third-order valence-electron chi connectivity index (χ3n) is 3.44. The van der Waals surface area contributed by atoms with Gasteiger partial charge in [-0.2, -0.15) is 5.10 Å². The quantitative estimate of drug-likeness (QED) is 0.591. The number of nitrogens with zero attached hydrogens (tertiary/aromatic N) is 3. The van der Waals surface area contributed by atoms with Crippen molar-refractivity contribution in [2.45, 2.75) is 26.0 Å². The van der Waals surface area contributed by atoms with Crippen LogP contribution in [0.4, 0.5) is 5.69 Å². The zero-order valence-electron chi connectivity index (χ0n) is 12.7. The molecular formula is C15H18N4O4. The maximum atomic E-state index is 11.8. The zero-order valence-corrected chi connectivity index (χ0v) is 12.7. The summed E-state index contributed by atoms with van der Waals surface area (Å²) in [6.45, 7) is 2.24. The fourth-order valence-electron chi connectivity index (χ4n) is 2.15. The number of rotatable bonds is 7. The van der Waals surface area contributed by atoms with Crippen LogP contribution in [0.1, 0.15) is 23.7 Å². The first-order chi connectivity index (χ1) is 11.0. The minimum absolute atomic E-state index is 0.111. The van der Waals surface area contributed by atoms with Crippen molar-refractivity contribution in [2.75, 3.05) is 6.54 Å². The van der Waals surface area contributed by atoms with Gasteiger partial charge in [0, 0.05) is 19.5 Å². The van der Waals surface area contributed by atoms with E-state index < -0.39 is 11.0 Å². The second kappa shape index (κ2) is 7.50. The standard InChI is InChI=1S/C15H18N4O4/c1-11-4-2-3-5-13(11)14(20)9-16-15(21)6-7-18-10-12(8-17-18)19(22)23/h2-5,8,10,14,20H,6-7,9H2,1H3,(H,16,21)/t14-/m0/s1. The number of hydrogen-bond acceptors (Lipinski definition) is 5. The van der Waals surface area contributed by atoms with E-state index in [1.807, 2.05) is 31.2 Å². The lowest BCUT2D eigenvalue weighted by Crippen LogP contribution is -2.29. The molecule has 1 aromatic carbocycles. The van der Waals surface area contributed by atoms with Crippen molar-refractivity contribution in [3.05, 3.63) is 57.9 Å². The van der Waals surface area contributed by atoms with Crippen LogP contribution in [0.15, 0.2) is 36.7 Å². The highest BCUT2D eigenvalue weighted by atomic mass is 16.6. The van der Waals surface area contributed by atoms with Crippen LogP contribution in [0.2, 0.25) is 0 Å². The topological polar surface area (TPSA) is 110 Å². The van der Waals surface area contributed by atoms with E-state index in [2.05, 4.69) is 10.4 Å². The minimum Gasteiger partial charge on any atom is -0.387 e. The largest absolute Gasteiger partial charge is 0.387 e. The minimum atomic E-state index is -0.772. The summed E-state index contributed by atoms with van der Waals surface area (Å²) in [4.78, 5) is 21.8. The summed E-state index contributed by atoms with van der Waals surface area (Å²) in [7, 11) is 0. The van der Waals surface area contributed by atoms with E-state index in [9.17, 15) is 20.0 Å². The van der Waals surface area contributed by atoms with Crippen LogP contribution < -0.4 is 5.32 Å². The van der Waals surface area contributed by atoms with Crippen LogP contribution in [0.5, 0.6) is 0 Å². The van der Waals surface area contributed by atoms with E-state index in [-0.39, 0.29) is 31.1 Å². The molecule has 1 amide bonds. The molecule has 0 radical (unpaired) electrons. The van der Waals surface area contributed by atoms with Crippen LogP contribution in [0, 0.1) is 17.0 Å². The Morgan fingerprint density at radius 3 is 2.87 bits per heavy atom. The van der Waals surface area contributed by atoms with E-state index in [1.165, 1.54) is 10.9 Å². The molecule has 0 unspecified atom stereocenters. The molecule has 122 valence electrons. The fourth-order valence-corrected chi connectivity index (χ4v) is 2.15.